The third-order valence-electron chi connectivity index (χ3n) is 5.90. The number of carbonyl (C=O) groups is 4. The molecule has 4 rings (SSSR count). The summed E-state index contributed by atoms with van der Waals surface area (Å²) in [7, 11) is 0. The molecule has 0 atom stereocenters. The molecule has 1 aliphatic heterocycles. The van der Waals surface area contributed by atoms with Gasteiger partial charge in [0, 0.05) is 5.69 Å². The standard InChI is InChI=1S/C29H26BrN3O6/c1-4-38-24-15-19(13-22-27(35)32-29(37)33(28(22)36)21-8-6-5-7-9-21)14-23(30)26(24)39-16-25(34)31-20-11-10-17(2)18(3)12-20/h5-15H,4,16H2,1-3H3,(H,31,34)(H,32,35,37)/b22-13-. The molecular weight excluding hydrogens is 566 g/mol. The second-order valence-electron chi connectivity index (χ2n) is 8.69. The van der Waals surface area contributed by atoms with Gasteiger partial charge in [-0.05, 0) is 95.9 Å². The molecule has 2 N–H and O–H groups in total. The van der Waals surface area contributed by atoms with E-state index < -0.39 is 17.8 Å². The number of halogens is 1. The van der Waals surface area contributed by atoms with Crippen molar-refractivity contribution < 1.29 is 28.7 Å². The number of ether oxygens (including phenoxy) is 2. The van der Waals surface area contributed by atoms with Gasteiger partial charge in [0.2, 0.25) is 0 Å². The van der Waals surface area contributed by atoms with Crippen LogP contribution >= 0.6 is 15.9 Å². The number of nitrogens with one attached hydrogen (secondary N) is 2. The number of urea groups is 1. The minimum Gasteiger partial charge on any atom is -0.490 e. The predicted octanol–water partition coefficient (Wildman–Crippen LogP) is 5.15. The van der Waals surface area contributed by atoms with Crippen molar-refractivity contribution >= 4 is 57.1 Å². The summed E-state index contributed by atoms with van der Waals surface area (Å²) in [4.78, 5) is 51.5. The van der Waals surface area contributed by atoms with Crippen molar-refractivity contribution in [1.82, 2.24) is 5.32 Å². The van der Waals surface area contributed by atoms with E-state index in [1.807, 2.05) is 32.0 Å². The van der Waals surface area contributed by atoms with Crippen LogP contribution in [0.3, 0.4) is 0 Å². The van der Waals surface area contributed by atoms with Crippen LogP contribution in [0.25, 0.3) is 6.08 Å². The highest BCUT2D eigenvalue weighted by Gasteiger charge is 2.36. The van der Waals surface area contributed by atoms with Crippen molar-refractivity contribution in [2.45, 2.75) is 20.8 Å². The molecule has 0 bridgehead atoms. The maximum Gasteiger partial charge on any atom is 0.335 e. The van der Waals surface area contributed by atoms with Crippen molar-refractivity contribution in [2.75, 3.05) is 23.4 Å². The number of nitrogens with zero attached hydrogens (tertiary/aromatic N) is 1. The molecule has 1 fully saturated rings. The molecule has 1 heterocycles. The van der Waals surface area contributed by atoms with Crippen molar-refractivity contribution in [1.29, 1.82) is 0 Å². The third kappa shape index (κ3) is 6.35. The Kier molecular flexibility index (Phi) is 8.46. The quantitative estimate of drug-likeness (QED) is 0.277. The van der Waals surface area contributed by atoms with Gasteiger partial charge >= 0.3 is 6.03 Å². The monoisotopic (exact) mass is 591 g/mol. The summed E-state index contributed by atoms with van der Waals surface area (Å²) in [5.74, 6) is -1.33. The highest BCUT2D eigenvalue weighted by atomic mass is 79.9. The van der Waals surface area contributed by atoms with Gasteiger partial charge in [0.05, 0.1) is 16.8 Å². The lowest BCUT2D eigenvalue weighted by atomic mass is 10.1. The summed E-state index contributed by atoms with van der Waals surface area (Å²) in [6.07, 6.45) is 1.36. The Bertz CT molecular complexity index is 1490. The molecule has 39 heavy (non-hydrogen) atoms. The fraction of sp³-hybridized carbons (Fsp3) is 0.172. The zero-order valence-corrected chi connectivity index (χ0v) is 23.1. The number of anilines is 2. The molecule has 3 aromatic carbocycles. The van der Waals surface area contributed by atoms with Crippen molar-refractivity contribution in [3.05, 3.63) is 87.4 Å². The summed E-state index contributed by atoms with van der Waals surface area (Å²) in [5.41, 5.74) is 3.39. The van der Waals surface area contributed by atoms with E-state index in [0.29, 0.717) is 33.8 Å². The first-order chi connectivity index (χ1) is 18.7. The van der Waals surface area contributed by atoms with Crippen LogP contribution < -0.4 is 25.0 Å². The highest BCUT2D eigenvalue weighted by molar-refractivity contribution is 9.10. The Morgan fingerprint density at radius 2 is 1.74 bits per heavy atom. The number of carbonyl (C=O) groups excluding carboxylic acids is 4. The summed E-state index contributed by atoms with van der Waals surface area (Å²) in [6, 6.07) is 16.3. The minimum absolute atomic E-state index is 0.228. The van der Waals surface area contributed by atoms with Crippen LogP contribution in [-0.4, -0.2) is 37.0 Å². The fourth-order valence-electron chi connectivity index (χ4n) is 3.86. The summed E-state index contributed by atoms with van der Waals surface area (Å²) >= 11 is 3.44. The Morgan fingerprint density at radius 3 is 2.44 bits per heavy atom. The summed E-state index contributed by atoms with van der Waals surface area (Å²) in [5, 5.41) is 5.00. The predicted molar refractivity (Wildman–Crippen MR) is 151 cm³/mol. The summed E-state index contributed by atoms with van der Waals surface area (Å²) < 4.78 is 11.9. The zero-order chi connectivity index (χ0) is 28.1. The van der Waals surface area contributed by atoms with E-state index in [-0.39, 0.29) is 23.8 Å². The number of para-hydroxylation sites is 1. The number of hydrogen-bond acceptors (Lipinski definition) is 6. The molecule has 0 spiro atoms. The molecule has 0 saturated carbocycles. The molecule has 0 aromatic heterocycles. The smallest absolute Gasteiger partial charge is 0.335 e. The molecule has 0 unspecified atom stereocenters. The van der Waals surface area contributed by atoms with E-state index in [9.17, 15) is 19.2 Å². The summed E-state index contributed by atoms with van der Waals surface area (Å²) in [6.45, 7) is 5.77. The van der Waals surface area contributed by atoms with E-state index in [2.05, 4.69) is 26.6 Å². The maximum absolute atomic E-state index is 13.1. The van der Waals surface area contributed by atoms with Gasteiger partial charge in [-0.3, -0.25) is 19.7 Å². The average molecular weight is 592 g/mol. The number of amides is 5. The minimum atomic E-state index is -0.827. The molecule has 200 valence electrons. The van der Waals surface area contributed by atoms with Gasteiger partial charge in [0.15, 0.2) is 18.1 Å². The van der Waals surface area contributed by atoms with E-state index in [4.69, 9.17) is 9.47 Å². The largest absolute Gasteiger partial charge is 0.490 e. The Morgan fingerprint density at radius 1 is 1.00 bits per heavy atom. The van der Waals surface area contributed by atoms with Crippen LogP contribution in [0.2, 0.25) is 0 Å². The molecule has 10 heteroatoms. The van der Waals surface area contributed by atoms with E-state index in [0.717, 1.165) is 16.0 Å². The number of imide groups is 2. The normalized spacial score (nSPS) is 14.3. The third-order valence-corrected chi connectivity index (χ3v) is 6.49. The van der Waals surface area contributed by atoms with Gasteiger partial charge in [-0.25, -0.2) is 9.69 Å². The second kappa shape index (κ2) is 12.0. The van der Waals surface area contributed by atoms with Crippen LogP contribution in [-0.2, 0) is 14.4 Å². The molecule has 5 amide bonds. The van der Waals surface area contributed by atoms with Crippen molar-refractivity contribution in [2.24, 2.45) is 0 Å². The van der Waals surface area contributed by atoms with E-state index in [1.165, 1.54) is 6.08 Å². The lowest BCUT2D eigenvalue weighted by Gasteiger charge is -2.26. The van der Waals surface area contributed by atoms with Crippen LogP contribution in [0.1, 0.15) is 23.6 Å². The molecular formula is C29H26BrN3O6. The fourth-order valence-corrected chi connectivity index (χ4v) is 4.44. The SMILES string of the molecule is CCOc1cc(/C=C2/C(=O)NC(=O)N(c3ccccc3)C2=O)cc(Br)c1OCC(=O)Nc1ccc(C)c(C)c1. The second-order valence-corrected chi connectivity index (χ2v) is 9.55. The average Bonchev–Trinajstić information content (AvgIpc) is 2.89. The number of hydrogen-bond donors (Lipinski definition) is 2. The molecule has 1 aliphatic rings. The van der Waals surface area contributed by atoms with Gasteiger partial charge in [0.1, 0.15) is 5.57 Å². The van der Waals surface area contributed by atoms with Crippen LogP contribution in [0.15, 0.2) is 70.7 Å². The lowest BCUT2D eigenvalue weighted by molar-refractivity contribution is -0.122. The first-order valence-corrected chi connectivity index (χ1v) is 12.9. The van der Waals surface area contributed by atoms with Gasteiger partial charge in [-0.15, -0.1) is 0 Å². The molecule has 0 radical (unpaired) electrons. The van der Waals surface area contributed by atoms with Gasteiger partial charge in [-0.1, -0.05) is 24.3 Å². The number of rotatable bonds is 8. The molecule has 3 aromatic rings. The number of barbiturate groups is 1. The molecule has 9 nitrogen and oxygen atoms in total. The Hall–Kier alpha value is -4.44. The van der Waals surface area contributed by atoms with Crippen molar-refractivity contribution in [3.63, 3.8) is 0 Å². The maximum atomic E-state index is 13.1. The van der Waals surface area contributed by atoms with Crippen LogP contribution in [0.5, 0.6) is 11.5 Å². The van der Waals surface area contributed by atoms with Crippen LogP contribution in [0.4, 0.5) is 16.2 Å². The lowest BCUT2D eigenvalue weighted by Crippen LogP contribution is -2.54. The zero-order valence-electron chi connectivity index (χ0n) is 21.5. The van der Waals surface area contributed by atoms with Crippen molar-refractivity contribution in [3.8, 4) is 11.5 Å². The van der Waals surface area contributed by atoms with E-state index >= 15 is 0 Å². The number of aryl methyl sites for hydroxylation is 2. The van der Waals surface area contributed by atoms with Crippen LogP contribution in [0, 0.1) is 13.8 Å². The Balaban J connectivity index is 1.56. The number of benzene rings is 3. The molecule has 0 aliphatic carbocycles. The van der Waals surface area contributed by atoms with Gasteiger partial charge in [0.25, 0.3) is 17.7 Å². The first kappa shape index (κ1) is 27.6. The topological polar surface area (TPSA) is 114 Å². The molecule has 1 saturated heterocycles. The van der Waals surface area contributed by atoms with E-state index in [1.54, 1.807) is 49.4 Å². The van der Waals surface area contributed by atoms with Gasteiger partial charge in [-0.2, -0.15) is 0 Å². The highest BCUT2D eigenvalue weighted by Crippen LogP contribution is 2.38. The first-order valence-electron chi connectivity index (χ1n) is 12.1. The Labute approximate surface area is 233 Å². The van der Waals surface area contributed by atoms with Gasteiger partial charge < -0.3 is 14.8 Å².